The lowest BCUT2D eigenvalue weighted by atomic mass is 9.81. The summed E-state index contributed by atoms with van der Waals surface area (Å²) in [4.78, 5) is 49.4. The predicted molar refractivity (Wildman–Crippen MR) is 81.0 cm³/mol. The van der Waals surface area contributed by atoms with Crippen LogP contribution in [0.2, 0.25) is 0 Å². The Kier molecular flexibility index (Phi) is 5.38. The number of amides is 3. The number of carbonyl (C=O) groups is 4. The van der Waals surface area contributed by atoms with Gasteiger partial charge >= 0.3 is 5.97 Å². The third kappa shape index (κ3) is 3.71. The van der Waals surface area contributed by atoms with Crippen molar-refractivity contribution < 1.29 is 23.9 Å². The lowest BCUT2D eigenvalue weighted by Gasteiger charge is -2.21. The summed E-state index contributed by atoms with van der Waals surface area (Å²) >= 11 is 0. The molecule has 2 aliphatic rings. The number of esters is 1. The summed E-state index contributed by atoms with van der Waals surface area (Å²) in [7, 11) is 0. The van der Waals surface area contributed by atoms with Gasteiger partial charge in [0.2, 0.25) is 11.8 Å². The molecule has 7 nitrogen and oxygen atoms in total. The zero-order chi connectivity index (χ0) is 17.1. The van der Waals surface area contributed by atoms with E-state index in [1.807, 2.05) is 0 Å². The van der Waals surface area contributed by atoms with Crippen molar-refractivity contribution in [2.75, 3.05) is 6.61 Å². The fraction of sp³-hybridized carbons (Fsp3) is 0.750. The number of hydrogen-bond acceptors (Lipinski definition) is 5. The van der Waals surface area contributed by atoms with Crippen LogP contribution in [-0.4, -0.2) is 47.3 Å². The van der Waals surface area contributed by atoms with Crippen molar-refractivity contribution >= 4 is 23.7 Å². The second kappa shape index (κ2) is 7.10. The molecule has 23 heavy (non-hydrogen) atoms. The van der Waals surface area contributed by atoms with Crippen LogP contribution < -0.4 is 5.32 Å². The van der Waals surface area contributed by atoms with E-state index in [2.05, 4.69) is 5.32 Å². The van der Waals surface area contributed by atoms with Crippen LogP contribution in [0, 0.1) is 11.8 Å². The highest BCUT2D eigenvalue weighted by atomic mass is 16.5. The third-order valence-corrected chi connectivity index (χ3v) is 4.40. The summed E-state index contributed by atoms with van der Waals surface area (Å²) in [5.74, 6) is -2.30. The second-order valence-corrected chi connectivity index (χ2v) is 6.55. The lowest BCUT2D eigenvalue weighted by molar-refractivity contribution is -0.159. The Balaban J connectivity index is 1.95. The minimum absolute atomic E-state index is 0.0523. The first-order valence-electron chi connectivity index (χ1n) is 8.15. The second-order valence-electron chi connectivity index (χ2n) is 6.55. The molecule has 1 aliphatic carbocycles. The summed E-state index contributed by atoms with van der Waals surface area (Å²) in [6, 6.07) is -1.05. The molecule has 1 aliphatic heterocycles. The molecular weight excluding hydrogens is 300 g/mol. The van der Waals surface area contributed by atoms with E-state index in [9.17, 15) is 19.2 Å². The highest BCUT2D eigenvalue weighted by Gasteiger charge is 2.51. The lowest BCUT2D eigenvalue weighted by Crippen LogP contribution is -2.45. The van der Waals surface area contributed by atoms with Crippen molar-refractivity contribution in [2.24, 2.45) is 11.8 Å². The van der Waals surface area contributed by atoms with Crippen LogP contribution in [0.1, 0.15) is 46.5 Å². The molecule has 1 N–H and O–H groups in total. The molecule has 0 bridgehead atoms. The van der Waals surface area contributed by atoms with E-state index in [1.54, 1.807) is 13.8 Å². The van der Waals surface area contributed by atoms with E-state index >= 15 is 0 Å². The maximum Gasteiger partial charge on any atom is 0.329 e. The van der Waals surface area contributed by atoms with Crippen molar-refractivity contribution in [1.29, 1.82) is 0 Å². The number of imide groups is 1. The van der Waals surface area contributed by atoms with Gasteiger partial charge in [-0.25, -0.2) is 4.79 Å². The van der Waals surface area contributed by atoms with Gasteiger partial charge in [0, 0.05) is 6.04 Å². The van der Waals surface area contributed by atoms with Gasteiger partial charge in [-0.2, -0.15) is 0 Å². The first-order valence-corrected chi connectivity index (χ1v) is 8.15. The number of hydrogen-bond donors (Lipinski definition) is 1. The number of likely N-dealkylation sites (tertiary alicyclic amines) is 1. The molecule has 0 spiro atoms. The standard InChI is InChI=1S/C16H24N2O5/c1-9(2)17-13(19)8-23-16(22)10(3)18-14(20)11-6-4-5-7-12(11)15(18)21/h9-12H,4-8H2,1-3H3,(H,17,19)/t10-,11-,12-/m0/s1. The number of fused-ring (bicyclic) bond motifs is 1. The van der Waals surface area contributed by atoms with Crippen molar-refractivity contribution in [3.63, 3.8) is 0 Å². The molecule has 0 radical (unpaired) electrons. The van der Waals surface area contributed by atoms with Gasteiger partial charge in [0.25, 0.3) is 5.91 Å². The molecule has 0 aromatic rings. The van der Waals surface area contributed by atoms with Crippen LogP contribution in [0.25, 0.3) is 0 Å². The quantitative estimate of drug-likeness (QED) is 0.591. The van der Waals surface area contributed by atoms with E-state index in [-0.39, 0.29) is 29.7 Å². The Hall–Kier alpha value is -1.92. The van der Waals surface area contributed by atoms with Gasteiger partial charge in [-0.1, -0.05) is 12.8 Å². The maximum absolute atomic E-state index is 12.4. The first kappa shape index (κ1) is 17.4. The van der Waals surface area contributed by atoms with Crippen LogP contribution in [0.15, 0.2) is 0 Å². The molecule has 2 fully saturated rings. The zero-order valence-electron chi connectivity index (χ0n) is 13.8. The van der Waals surface area contributed by atoms with Crippen molar-refractivity contribution in [1.82, 2.24) is 10.2 Å². The summed E-state index contributed by atoms with van der Waals surface area (Å²) in [5.41, 5.74) is 0. The fourth-order valence-corrected chi connectivity index (χ4v) is 3.30. The Morgan fingerprint density at radius 1 is 1.13 bits per heavy atom. The molecular formula is C16H24N2O5. The summed E-state index contributed by atoms with van der Waals surface area (Å²) in [5, 5.41) is 2.60. The van der Waals surface area contributed by atoms with Crippen molar-refractivity contribution in [3.05, 3.63) is 0 Å². The van der Waals surface area contributed by atoms with Crippen LogP contribution in [0.4, 0.5) is 0 Å². The number of ether oxygens (including phenoxy) is 1. The Morgan fingerprint density at radius 2 is 1.65 bits per heavy atom. The molecule has 3 amide bonds. The third-order valence-electron chi connectivity index (χ3n) is 4.40. The highest BCUT2D eigenvalue weighted by Crippen LogP contribution is 2.38. The monoisotopic (exact) mass is 324 g/mol. The highest BCUT2D eigenvalue weighted by molar-refractivity contribution is 6.07. The molecule has 1 saturated heterocycles. The summed E-state index contributed by atoms with van der Waals surface area (Å²) in [6.07, 6.45) is 3.26. The van der Waals surface area contributed by atoms with Gasteiger partial charge in [0.1, 0.15) is 6.04 Å². The molecule has 0 unspecified atom stereocenters. The van der Waals surface area contributed by atoms with Gasteiger partial charge in [0.15, 0.2) is 6.61 Å². The minimum atomic E-state index is -0.993. The summed E-state index contributed by atoms with van der Waals surface area (Å²) < 4.78 is 4.93. The average molecular weight is 324 g/mol. The molecule has 1 heterocycles. The average Bonchev–Trinajstić information content (AvgIpc) is 2.75. The van der Waals surface area contributed by atoms with Crippen LogP contribution >= 0.6 is 0 Å². The van der Waals surface area contributed by atoms with E-state index < -0.39 is 24.5 Å². The largest absolute Gasteiger partial charge is 0.454 e. The molecule has 0 aromatic carbocycles. The van der Waals surface area contributed by atoms with Crippen molar-refractivity contribution in [3.8, 4) is 0 Å². The van der Waals surface area contributed by atoms with Gasteiger partial charge in [-0.3, -0.25) is 19.3 Å². The van der Waals surface area contributed by atoms with Gasteiger partial charge in [-0.15, -0.1) is 0 Å². The Morgan fingerprint density at radius 3 is 2.13 bits per heavy atom. The SMILES string of the molecule is CC(C)NC(=O)COC(=O)[C@H](C)N1C(=O)[C@H]2CCCC[C@@H]2C1=O. The number of nitrogens with one attached hydrogen (secondary N) is 1. The summed E-state index contributed by atoms with van der Waals surface area (Å²) in [6.45, 7) is 4.65. The first-order chi connectivity index (χ1) is 10.8. The topological polar surface area (TPSA) is 92.8 Å². The van der Waals surface area contributed by atoms with Crippen LogP contribution in [0.5, 0.6) is 0 Å². The molecule has 0 aromatic heterocycles. The number of carbonyl (C=O) groups excluding carboxylic acids is 4. The Labute approximate surface area is 135 Å². The van der Waals surface area contributed by atoms with Crippen LogP contribution in [-0.2, 0) is 23.9 Å². The zero-order valence-corrected chi connectivity index (χ0v) is 13.8. The van der Waals surface area contributed by atoms with E-state index in [0.717, 1.165) is 17.7 Å². The molecule has 128 valence electrons. The predicted octanol–water partition coefficient (Wildman–Crippen LogP) is 0.618. The van der Waals surface area contributed by atoms with Crippen LogP contribution in [0.3, 0.4) is 0 Å². The molecule has 7 heteroatoms. The molecule has 1 saturated carbocycles. The van der Waals surface area contributed by atoms with Gasteiger partial charge < -0.3 is 10.1 Å². The van der Waals surface area contributed by atoms with Gasteiger partial charge in [0.05, 0.1) is 11.8 Å². The number of nitrogens with zero attached hydrogens (tertiary/aromatic N) is 1. The smallest absolute Gasteiger partial charge is 0.329 e. The normalized spacial score (nSPS) is 25.3. The Bertz CT molecular complexity index is 493. The van der Waals surface area contributed by atoms with E-state index in [1.165, 1.54) is 6.92 Å². The minimum Gasteiger partial charge on any atom is -0.454 e. The molecule has 3 atom stereocenters. The fourth-order valence-electron chi connectivity index (χ4n) is 3.30. The molecule has 2 rings (SSSR count). The van der Waals surface area contributed by atoms with E-state index in [4.69, 9.17) is 4.74 Å². The van der Waals surface area contributed by atoms with E-state index in [0.29, 0.717) is 12.8 Å². The van der Waals surface area contributed by atoms with Crippen molar-refractivity contribution in [2.45, 2.75) is 58.5 Å². The number of rotatable bonds is 5. The maximum atomic E-state index is 12.4. The van der Waals surface area contributed by atoms with Gasteiger partial charge in [-0.05, 0) is 33.6 Å².